The molecular formula is C37H62N2O5P2. The number of carboxylic acid groups (broad SMARTS) is 2. The third-order valence-corrected chi connectivity index (χ3v) is 21.3. The minimum atomic E-state index is -2.33. The molecule has 2 aromatic carbocycles. The van der Waals surface area contributed by atoms with Crippen LogP contribution in [-0.4, -0.2) is 66.3 Å². The zero-order chi connectivity index (χ0) is 35.7. The Kier molecular flexibility index (Phi) is 20.2. The highest BCUT2D eigenvalue weighted by Crippen LogP contribution is 2.64. The number of nitrogens with one attached hydrogen (secondary N) is 2. The van der Waals surface area contributed by atoms with E-state index in [-0.39, 0.29) is 23.1 Å². The normalized spacial score (nSPS) is 12.4. The maximum Gasteiger partial charge on any atom is 0.265 e. The van der Waals surface area contributed by atoms with E-state index in [1.807, 2.05) is 12.1 Å². The van der Waals surface area contributed by atoms with Crippen LogP contribution in [-0.2, 0) is 9.59 Å². The molecule has 2 rings (SSSR count). The quantitative estimate of drug-likeness (QED) is 0.198. The molecule has 2 aromatic rings. The molecule has 0 radical (unpaired) electrons. The van der Waals surface area contributed by atoms with Gasteiger partial charge >= 0.3 is 0 Å². The molecule has 0 spiro atoms. The molecular weight excluding hydrogens is 614 g/mol. The first-order valence-electron chi connectivity index (χ1n) is 17.0. The van der Waals surface area contributed by atoms with Crippen molar-refractivity contribution in [3.8, 4) is 0 Å². The van der Waals surface area contributed by atoms with Crippen LogP contribution in [0.25, 0.3) is 0 Å². The van der Waals surface area contributed by atoms with Crippen molar-refractivity contribution in [1.29, 1.82) is 0 Å². The van der Waals surface area contributed by atoms with Gasteiger partial charge in [0.2, 0.25) is 0 Å². The molecule has 2 atom stereocenters. The van der Waals surface area contributed by atoms with Crippen molar-refractivity contribution in [3.63, 3.8) is 0 Å². The van der Waals surface area contributed by atoms with Gasteiger partial charge < -0.3 is 25.6 Å². The molecule has 0 aliphatic carbocycles. The van der Waals surface area contributed by atoms with Gasteiger partial charge in [0.15, 0.2) is 0 Å². The Morgan fingerprint density at radius 2 is 0.761 bits per heavy atom. The highest BCUT2D eigenvalue weighted by Gasteiger charge is 2.45. The zero-order valence-electron chi connectivity index (χ0n) is 30.7. The number of anilines is 2. The van der Waals surface area contributed by atoms with Crippen LogP contribution in [0.1, 0.15) is 90.5 Å². The molecule has 0 aromatic heterocycles. The Hall–Kier alpha value is -2.49. The topological polar surface area (TPSA) is 121 Å². The van der Waals surface area contributed by atoms with Gasteiger partial charge in [0.25, 0.3) is 11.8 Å². The van der Waals surface area contributed by atoms with Gasteiger partial charge in [-0.15, -0.1) is 0 Å². The minimum Gasteiger partial charge on any atom is -0.652 e. The van der Waals surface area contributed by atoms with E-state index in [0.29, 0.717) is 0 Å². The summed E-state index contributed by atoms with van der Waals surface area (Å²) in [6, 6.07) is 12.3. The second-order valence-electron chi connectivity index (χ2n) is 11.9. The van der Waals surface area contributed by atoms with E-state index in [1.54, 1.807) is 0 Å². The number of carbonyl (C=O) groups is 3. The molecule has 2 N–H and O–H groups in total. The Labute approximate surface area is 281 Å². The maximum absolute atomic E-state index is 12.9. The summed E-state index contributed by atoms with van der Waals surface area (Å²) < 4.78 is 0. The lowest BCUT2D eigenvalue weighted by molar-refractivity contribution is -0.415. The van der Waals surface area contributed by atoms with Crippen LogP contribution in [0.3, 0.4) is 0 Å². The van der Waals surface area contributed by atoms with Crippen LogP contribution in [0.15, 0.2) is 36.4 Å². The summed E-state index contributed by atoms with van der Waals surface area (Å²) in [7, 11) is -2.37. The van der Waals surface area contributed by atoms with E-state index in [0.717, 1.165) is 46.5 Å². The summed E-state index contributed by atoms with van der Waals surface area (Å²) in [4.78, 5) is 34.1. The number of benzene rings is 2. The van der Waals surface area contributed by atoms with Gasteiger partial charge in [-0.25, -0.2) is 0 Å². The highest BCUT2D eigenvalue weighted by molar-refractivity contribution is 7.77. The van der Waals surface area contributed by atoms with Gasteiger partial charge in [-0.3, -0.25) is 9.59 Å². The summed E-state index contributed by atoms with van der Waals surface area (Å²) in [5.41, 5.74) is 6.97. The molecule has 0 aliphatic rings. The van der Waals surface area contributed by atoms with Crippen molar-refractivity contribution in [1.82, 2.24) is 0 Å². The molecule has 2 unspecified atom stereocenters. The van der Waals surface area contributed by atoms with Gasteiger partial charge in [0.1, 0.15) is 11.3 Å². The monoisotopic (exact) mass is 676 g/mol. The fraction of sp³-hybridized carbons (Fsp3) is 0.595. The fourth-order valence-electron chi connectivity index (χ4n) is 6.74. The lowest BCUT2D eigenvalue weighted by Crippen LogP contribution is -2.37. The van der Waals surface area contributed by atoms with E-state index in [2.05, 4.69) is 118 Å². The molecule has 0 saturated heterocycles. The first-order valence-corrected chi connectivity index (χ1v) is 21.8. The van der Waals surface area contributed by atoms with Crippen LogP contribution < -0.4 is 20.8 Å². The van der Waals surface area contributed by atoms with Crippen LogP contribution in [0.4, 0.5) is 16.2 Å². The van der Waals surface area contributed by atoms with Gasteiger partial charge in [-0.2, -0.15) is 0 Å². The first-order chi connectivity index (χ1) is 21.6. The first kappa shape index (κ1) is 43.5. The molecule has 0 bridgehead atoms. The minimum absolute atomic E-state index is 0.191. The van der Waals surface area contributed by atoms with Crippen molar-refractivity contribution in [2.75, 3.05) is 47.6 Å². The van der Waals surface area contributed by atoms with Gasteiger partial charge in [0.05, 0.1) is 37.0 Å². The molecule has 0 fully saturated rings. The molecule has 260 valence electrons. The number of amides is 2. The van der Waals surface area contributed by atoms with Crippen molar-refractivity contribution < 1.29 is 24.6 Å². The molecule has 0 heterocycles. The van der Waals surface area contributed by atoms with Crippen molar-refractivity contribution in [3.05, 3.63) is 58.7 Å². The second-order valence-corrected chi connectivity index (χ2v) is 21.9. The number of para-hydroxylation sites is 2. The average Bonchev–Trinajstić information content (AvgIpc) is 3.02. The van der Waals surface area contributed by atoms with Gasteiger partial charge in [-0.1, -0.05) is 50.2 Å². The number of carbonyl (C=O) groups excluding carboxylic acids is 3. The maximum atomic E-state index is 12.9. The Bertz CT molecular complexity index is 1090. The largest absolute Gasteiger partial charge is 0.652 e. The van der Waals surface area contributed by atoms with Gasteiger partial charge in [0, 0.05) is 25.9 Å². The molecule has 46 heavy (non-hydrogen) atoms. The lowest BCUT2D eigenvalue weighted by atomic mass is 10.1. The zero-order valence-corrected chi connectivity index (χ0v) is 32.5. The van der Waals surface area contributed by atoms with E-state index in [9.17, 15) is 9.59 Å². The number of hydrogen-bond acceptors (Lipinski definition) is 5. The summed E-state index contributed by atoms with van der Waals surface area (Å²) in [6.45, 7) is 26.1. The molecule has 0 saturated carbocycles. The smallest absolute Gasteiger partial charge is 0.265 e. The SMILES string of the molecule is CCC(C(=O)Nc1c(C)cccc1C)[P+](CC)(CC)CC.CCC(C(=O)Nc1c(C)cccc1C)[P+](CC)(CC)CC.O=C([O-])[O-]. The summed E-state index contributed by atoms with van der Waals surface area (Å²) >= 11 is 0. The highest BCUT2D eigenvalue weighted by atomic mass is 31.2. The van der Waals surface area contributed by atoms with E-state index < -0.39 is 20.7 Å². The molecule has 2 amide bonds. The number of hydrogen-bond donors (Lipinski definition) is 2. The van der Waals surface area contributed by atoms with Crippen molar-refractivity contribution >= 4 is 43.9 Å². The second kappa shape index (κ2) is 21.4. The fourth-order valence-corrected chi connectivity index (χ4v) is 14.7. The van der Waals surface area contributed by atoms with Crippen LogP contribution >= 0.6 is 14.5 Å². The summed E-state index contributed by atoms with van der Waals surface area (Å²) in [5.74, 6) is 0.461. The van der Waals surface area contributed by atoms with Crippen LogP contribution in [0.5, 0.6) is 0 Å². The van der Waals surface area contributed by atoms with Crippen LogP contribution in [0, 0.1) is 27.7 Å². The molecule has 0 aliphatic heterocycles. The van der Waals surface area contributed by atoms with E-state index in [4.69, 9.17) is 15.0 Å². The van der Waals surface area contributed by atoms with Crippen LogP contribution in [0.2, 0.25) is 0 Å². The standard InChI is InChI=1S/2C18H30NOP.CH2O3/c2*1-7-16(21(8-2,9-3)10-4)18(20)19-17-14(5)12-11-13-15(17)6;2-1(3)4/h2*11-13,16H,7-10H2,1-6H3;(H2,2,3,4). The Morgan fingerprint density at radius 3 is 0.935 bits per heavy atom. The van der Waals surface area contributed by atoms with Crippen molar-refractivity contribution in [2.24, 2.45) is 0 Å². The average molecular weight is 677 g/mol. The predicted octanol–water partition coefficient (Wildman–Crippen LogP) is 7.75. The van der Waals surface area contributed by atoms with Gasteiger partial charge in [-0.05, 0) is 110 Å². The summed E-state index contributed by atoms with van der Waals surface area (Å²) in [6.07, 6.45) is 6.55. The Morgan fingerprint density at radius 1 is 0.543 bits per heavy atom. The van der Waals surface area contributed by atoms with E-state index in [1.165, 1.54) is 37.0 Å². The van der Waals surface area contributed by atoms with Crippen molar-refractivity contribution in [2.45, 2.75) is 107 Å². The predicted molar refractivity (Wildman–Crippen MR) is 200 cm³/mol. The number of rotatable bonds is 14. The number of aryl methyl sites for hydroxylation is 4. The lowest BCUT2D eigenvalue weighted by Gasteiger charge is -2.31. The third kappa shape index (κ3) is 11.9. The molecule has 7 nitrogen and oxygen atoms in total. The third-order valence-electron chi connectivity index (χ3n) is 9.94. The Balaban J connectivity index is 0.000000788. The summed E-state index contributed by atoms with van der Waals surface area (Å²) in [5, 5.41) is 23.1. The molecule has 9 heteroatoms. The van der Waals surface area contributed by atoms with E-state index >= 15 is 0 Å².